The minimum absolute atomic E-state index is 0.456. The van der Waals surface area contributed by atoms with Crippen LogP contribution in [0.5, 0.6) is 5.75 Å². The topological polar surface area (TPSA) is 65.2 Å². The number of amides is 1. The van der Waals surface area contributed by atoms with Gasteiger partial charge in [-0.25, -0.2) is 0 Å². The molecule has 0 atom stereocenters. The number of nitrogens with zero attached hydrogens (tertiary/aromatic N) is 1. The van der Waals surface area contributed by atoms with E-state index >= 15 is 0 Å². The number of primary amides is 1. The van der Waals surface area contributed by atoms with Gasteiger partial charge in [0.25, 0.3) is 5.91 Å². The summed E-state index contributed by atoms with van der Waals surface area (Å²) in [5.41, 5.74) is 7.14. The van der Waals surface area contributed by atoms with Crippen molar-refractivity contribution in [3.63, 3.8) is 0 Å². The van der Waals surface area contributed by atoms with Gasteiger partial charge in [0, 0.05) is 11.5 Å². The third-order valence-electron chi connectivity index (χ3n) is 2.48. The first-order valence-corrected chi connectivity index (χ1v) is 4.87. The van der Waals surface area contributed by atoms with Crippen LogP contribution in [-0.4, -0.2) is 18.0 Å². The van der Waals surface area contributed by atoms with Gasteiger partial charge in [-0.05, 0) is 25.1 Å². The molecule has 1 heterocycles. The number of ether oxygens (including phenoxy) is 1. The second-order valence-electron chi connectivity index (χ2n) is 3.54. The van der Waals surface area contributed by atoms with Gasteiger partial charge in [-0.3, -0.25) is 9.78 Å². The number of aryl methyl sites for hydroxylation is 1. The molecular formula is C12H12N2O2. The Morgan fingerprint density at radius 2 is 2.12 bits per heavy atom. The molecule has 0 spiro atoms. The third kappa shape index (κ3) is 1.69. The second-order valence-corrected chi connectivity index (χ2v) is 3.54. The lowest BCUT2D eigenvalue weighted by Gasteiger charge is -2.05. The van der Waals surface area contributed by atoms with Crippen molar-refractivity contribution < 1.29 is 9.53 Å². The Balaban J connectivity index is 2.68. The van der Waals surface area contributed by atoms with Crippen LogP contribution in [-0.2, 0) is 0 Å². The van der Waals surface area contributed by atoms with Gasteiger partial charge in [-0.1, -0.05) is 0 Å². The van der Waals surface area contributed by atoms with E-state index < -0.39 is 5.91 Å². The molecule has 1 aromatic carbocycles. The van der Waals surface area contributed by atoms with E-state index in [1.807, 2.05) is 18.2 Å². The Hall–Kier alpha value is -2.10. The number of hydrogen-bond acceptors (Lipinski definition) is 3. The van der Waals surface area contributed by atoms with Gasteiger partial charge in [-0.15, -0.1) is 0 Å². The lowest BCUT2D eigenvalue weighted by atomic mass is 10.1. The van der Waals surface area contributed by atoms with Crippen LogP contribution in [0.15, 0.2) is 24.3 Å². The first-order valence-electron chi connectivity index (χ1n) is 4.87. The molecule has 0 fully saturated rings. The first kappa shape index (κ1) is 10.4. The van der Waals surface area contributed by atoms with E-state index in [4.69, 9.17) is 10.5 Å². The average Bonchev–Trinajstić information content (AvgIpc) is 2.27. The molecule has 0 bridgehead atoms. The number of carbonyl (C=O) groups excluding carboxylic acids is 1. The average molecular weight is 216 g/mol. The fourth-order valence-corrected chi connectivity index (χ4v) is 1.62. The highest BCUT2D eigenvalue weighted by Gasteiger charge is 2.08. The summed E-state index contributed by atoms with van der Waals surface area (Å²) >= 11 is 0. The van der Waals surface area contributed by atoms with Crippen LogP contribution in [0.25, 0.3) is 10.9 Å². The van der Waals surface area contributed by atoms with E-state index in [-0.39, 0.29) is 0 Å². The normalized spacial score (nSPS) is 10.4. The van der Waals surface area contributed by atoms with Crippen molar-refractivity contribution in [1.82, 2.24) is 4.98 Å². The molecule has 2 aromatic rings. The maximum atomic E-state index is 11.1. The number of aromatic nitrogens is 1. The zero-order chi connectivity index (χ0) is 11.7. The van der Waals surface area contributed by atoms with Crippen LogP contribution in [0.1, 0.15) is 16.1 Å². The van der Waals surface area contributed by atoms with E-state index in [1.165, 1.54) is 0 Å². The molecule has 0 unspecified atom stereocenters. The second kappa shape index (κ2) is 3.81. The van der Waals surface area contributed by atoms with Crippen LogP contribution in [0.4, 0.5) is 0 Å². The molecule has 0 saturated carbocycles. The highest BCUT2D eigenvalue weighted by molar-refractivity contribution is 5.97. The number of rotatable bonds is 2. The van der Waals surface area contributed by atoms with Gasteiger partial charge in [0.15, 0.2) is 0 Å². The molecule has 1 amide bonds. The van der Waals surface area contributed by atoms with Crippen molar-refractivity contribution in [3.8, 4) is 5.75 Å². The van der Waals surface area contributed by atoms with Crippen molar-refractivity contribution in [1.29, 1.82) is 0 Å². The number of pyridine rings is 1. The largest absolute Gasteiger partial charge is 0.497 e. The third-order valence-corrected chi connectivity index (χ3v) is 2.48. The summed E-state index contributed by atoms with van der Waals surface area (Å²) in [5.74, 6) is 0.286. The van der Waals surface area contributed by atoms with Crippen molar-refractivity contribution in [2.75, 3.05) is 7.11 Å². The molecular weight excluding hydrogens is 204 g/mol. The highest BCUT2D eigenvalue weighted by Crippen LogP contribution is 2.21. The molecule has 0 aliphatic heterocycles. The highest BCUT2D eigenvalue weighted by atomic mass is 16.5. The zero-order valence-corrected chi connectivity index (χ0v) is 9.15. The summed E-state index contributed by atoms with van der Waals surface area (Å²) < 4.78 is 5.11. The lowest BCUT2D eigenvalue weighted by Crippen LogP contribution is -2.13. The molecule has 0 saturated heterocycles. The molecule has 1 aromatic heterocycles. The SMILES string of the molecule is COc1ccc2cc(C(N)=O)c(C)nc2c1. The molecule has 16 heavy (non-hydrogen) atoms. The minimum Gasteiger partial charge on any atom is -0.497 e. The van der Waals surface area contributed by atoms with Crippen LogP contribution < -0.4 is 10.5 Å². The van der Waals surface area contributed by atoms with Gasteiger partial charge in [-0.2, -0.15) is 0 Å². The fourth-order valence-electron chi connectivity index (χ4n) is 1.62. The Morgan fingerprint density at radius 1 is 1.38 bits per heavy atom. The maximum absolute atomic E-state index is 11.1. The summed E-state index contributed by atoms with van der Waals surface area (Å²) in [7, 11) is 1.60. The predicted octanol–water partition coefficient (Wildman–Crippen LogP) is 1.65. The molecule has 0 aliphatic carbocycles. The number of nitrogens with two attached hydrogens (primary N) is 1. The summed E-state index contributed by atoms with van der Waals surface area (Å²) in [4.78, 5) is 15.5. The smallest absolute Gasteiger partial charge is 0.250 e. The Morgan fingerprint density at radius 3 is 2.75 bits per heavy atom. The summed E-state index contributed by atoms with van der Waals surface area (Å²) in [6.45, 7) is 1.76. The predicted molar refractivity (Wildman–Crippen MR) is 61.5 cm³/mol. The molecule has 2 N–H and O–H groups in total. The van der Waals surface area contributed by atoms with Gasteiger partial charge in [0.1, 0.15) is 5.75 Å². The monoisotopic (exact) mass is 216 g/mol. The van der Waals surface area contributed by atoms with Crippen LogP contribution in [0.2, 0.25) is 0 Å². The summed E-state index contributed by atoms with van der Waals surface area (Å²) in [6, 6.07) is 7.25. The Bertz CT molecular complexity index is 564. The van der Waals surface area contributed by atoms with Crippen molar-refractivity contribution in [2.24, 2.45) is 5.73 Å². The molecule has 82 valence electrons. The van der Waals surface area contributed by atoms with Crippen LogP contribution in [0, 0.1) is 6.92 Å². The van der Waals surface area contributed by atoms with E-state index in [0.717, 1.165) is 16.7 Å². The molecule has 0 aliphatic rings. The molecule has 4 heteroatoms. The van der Waals surface area contributed by atoms with E-state index in [1.54, 1.807) is 20.1 Å². The number of benzene rings is 1. The Kier molecular flexibility index (Phi) is 2.48. The van der Waals surface area contributed by atoms with Gasteiger partial charge < -0.3 is 10.5 Å². The van der Waals surface area contributed by atoms with E-state index in [0.29, 0.717) is 11.3 Å². The van der Waals surface area contributed by atoms with Gasteiger partial charge in [0.05, 0.1) is 23.9 Å². The lowest BCUT2D eigenvalue weighted by molar-refractivity contribution is 0.0999. The minimum atomic E-state index is -0.456. The maximum Gasteiger partial charge on any atom is 0.250 e. The van der Waals surface area contributed by atoms with Crippen molar-refractivity contribution >= 4 is 16.8 Å². The summed E-state index contributed by atoms with van der Waals surface area (Å²) in [5, 5.41) is 0.875. The van der Waals surface area contributed by atoms with Gasteiger partial charge >= 0.3 is 0 Å². The number of carbonyl (C=O) groups is 1. The summed E-state index contributed by atoms with van der Waals surface area (Å²) in [6.07, 6.45) is 0. The van der Waals surface area contributed by atoms with Crippen molar-refractivity contribution in [3.05, 3.63) is 35.5 Å². The fraction of sp³-hybridized carbons (Fsp3) is 0.167. The van der Waals surface area contributed by atoms with Crippen LogP contribution >= 0.6 is 0 Å². The molecule has 2 rings (SSSR count). The molecule has 0 radical (unpaired) electrons. The van der Waals surface area contributed by atoms with E-state index in [2.05, 4.69) is 4.98 Å². The van der Waals surface area contributed by atoms with Crippen LogP contribution in [0.3, 0.4) is 0 Å². The number of methoxy groups -OCH3 is 1. The van der Waals surface area contributed by atoms with E-state index in [9.17, 15) is 4.79 Å². The number of hydrogen-bond donors (Lipinski definition) is 1. The Labute approximate surface area is 93.0 Å². The molecule has 4 nitrogen and oxygen atoms in total. The van der Waals surface area contributed by atoms with Gasteiger partial charge in [0.2, 0.25) is 0 Å². The first-order chi connectivity index (χ1) is 7.61. The number of fused-ring (bicyclic) bond motifs is 1. The zero-order valence-electron chi connectivity index (χ0n) is 9.15. The standard InChI is InChI=1S/C12H12N2O2/c1-7-10(12(13)15)5-8-3-4-9(16-2)6-11(8)14-7/h3-6H,1-2H3,(H2,13,15). The quantitative estimate of drug-likeness (QED) is 0.830. The van der Waals surface area contributed by atoms with Crippen molar-refractivity contribution in [2.45, 2.75) is 6.92 Å².